The third kappa shape index (κ3) is 3.47. The lowest BCUT2D eigenvalue weighted by atomic mass is 9.91. The number of H-pyrrole nitrogens is 1. The summed E-state index contributed by atoms with van der Waals surface area (Å²) in [4.78, 5) is 18.9. The Kier molecular flexibility index (Phi) is 4.70. The summed E-state index contributed by atoms with van der Waals surface area (Å²) in [5, 5.41) is 14.2. The number of amidine groups is 1. The van der Waals surface area contributed by atoms with Gasteiger partial charge in [-0.05, 0) is 20.3 Å². The molecule has 100 valence electrons. The Balaban J connectivity index is 2.33. The summed E-state index contributed by atoms with van der Waals surface area (Å²) in [5.74, 6) is 0.517. The summed E-state index contributed by atoms with van der Waals surface area (Å²) >= 11 is 0. The number of hydrogen-bond acceptors (Lipinski definition) is 4. The zero-order valence-electron chi connectivity index (χ0n) is 10.6. The van der Waals surface area contributed by atoms with Gasteiger partial charge in [-0.2, -0.15) is 0 Å². The van der Waals surface area contributed by atoms with Crippen LogP contribution in [-0.2, 0) is 11.2 Å². The molecule has 0 aliphatic carbocycles. The van der Waals surface area contributed by atoms with Gasteiger partial charge in [-0.1, -0.05) is 5.16 Å². The fourth-order valence-electron chi connectivity index (χ4n) is 1.35. The first-order valence-corrected chi connectivity index (χ1v) is 5.73. The summed E-state index contributed by atoms with van der Waals surface area (Å²) in [7, 11) is 0. The molecule has 1 heterocycles. The van der Waals surface area contributed by atoms with Crippen LogP contribution in [0.5, 0.6) is 0 Å². The van der Waals surface area contributed by atoms with Crippen molar-refractivity contribution in [2.75, 3.05) is 6.54 Å². The molecule has 0 bridgehead atoms. The van der Waals surface area contributed by atoms with Crippen molar-refractivity contribution < 1.29 is 10.0 Å². The van der Waals surface area contributed by atoms with E-state index in [-0.39, 0.29) is 11.7 Å². The number of rotatable bonds is 6. The van der Waals surface area contributed by atoms with Crippen LogP contribution in [0.2, 0.25) is 0 Å². The van der Waals surface area contributed by atoms with Gasteiger partial charge < -0.3 is 21.2 Å². The van der Waals surface area contributed by atoms with Gasteiger partial charge in [0.05, 0.1) is 0 Å². The smallest absolute Gasteiger partial charge is 0.233 e. The van der Waals surface area contributed by atoms with Crippen LogP contribution in [0.4, 0.5) is 0 Å². The minimum absolute atomic E-state index is 0.106. The lowest BCUT2D eigenvalue weighted by Gasteiger charge is -2.21. The predicted molar refractivity (Wildman–Crippen MR) is 67.1 cm³/mol. The lowest BCUT2D eigenvalue weighted by Crippen LogP contribution is -2.46. The zero-order chi connectivity index (χ0) is 13.6. The number of imidazole rings is 1. The van der Waals surface area contributed by atoms with E-state index in [1.165, 1.54) is 0 Å². The van der Waals surface area contributed by atoms with Gasteiger partial charge in [-0.25, -0.2) is 4.98 Å². The van der Waals surface area contributed by atoms with Crippen molar-refractivity contribution in [1.82, 2.24) is 15.3 Å². The van der Waals surface area contributed by atoms with Gasteiger partial charge in [0.1, 0.15) is 11.2 Å². The van der Waals surface area contributed by atoms with Gasteiger partial charge >= 0.3 is 0 Å². The number of nitrogens with zero attached hydrogens (tertiary/aromatic N) is 2. The average molecular weight is 253 g/mol. The second-order valence-corrected chi connectivity index (χ2v) is 4.51. The van der Waals surface area contributed by atoms with Crippen molar-refractivity contribution >= 4 is 11.7 Å². The topological polar surface area (TPSA) is 116 Å². The van der Waals surface area contributed by atoms with E-state index in [0.717, 1.165) is 18.7 Å². The van der Waals surface area contributed by atoms with Crippen molar-refractivity contribution in [2.24, 2.45) is 16.3 Å². The van der Waals surface area contributed by atoms with E-state index < -0.39 is 5.41 Å². The highest BCUT2D eigenvalue weighted by Crippen LogP contribution is 2.14. The number of carbonyl (C=O) groups excluding carboxylic acids is 1. The van der Waals surface area contributed by atoms with Crippen LogP contribution in [0.1, 0.15) is 26.1 Å². The summed E-state index contributed by atoms with van der Waals surface area (Å²) in [6.07, 6.45) is 4.98. The van der Waals surface area contributed by atoms with E-state index in [1.807, 2.05) is 0 Å². The standard InChI is InChI=1S/C11H19N5O2/c1-11(2,9(12)16-18)10(17)15-5-3-4-8-13-6-7-14-8/h6-7,18H,3-5H2,1-2H3,(H2,12,16)(H,13,14)(H,15,17). The summed E-state index contributed by atoms with van der Waals surface area (Å²) in [6.45, 7) is 3.72. The van der Waals surface area contributed by atoms with Crippen LogP contribution in [0, 0.1) is 5.41 Å². The van der Waals surface area contributed by atoms with Crippen molar-refractivity contribution in [1.29, 1.82) is 0 Å². The van der Waals surface area contributed by atoms with Crippen LogP contribution in [0.15, 0.2) is 17.5 Å². The number of amides is 1. The van der Waals surface area contributed by atoms with Gasteiger partial charge in [0.15, 0.2) is 5.84 Å². The van der Waals surface area contributed by atoms with Gasteiger partial charge in [-0.15, -0.1) is 0 Å². The SMILES string of the molecule is CC(C)(C(=O)NCCCc1ncc[nH]1)/C(N)=N/O. The van der Waals surface area contributed by atoms with Crippen LogP contribution >= 0.6 is 0 Å². The molecule has 7 nitrogen and oxygen atoms in total. The van der Waals surface area contributed by atoms with Crippen molar-refractivity contribution in [3.8, 4) is 0 Å². The molecule has 0 aliphatic heterocycles. The number of hydrogen-bond donors (Lipinski definition) is 4. The first kappa shape index (κ1) is 14.0. The fraction of sp³-hybridized carbons (Fsp3) is 0.545. The minimum atomic E-state index is -1.01. The molecular formula is C11H19N5O2. The second-order valence-electron chi connectivity index (χ2n) is 4.51. The van der Waals surface area contributed by atoms with Gasteiger partial charge in [-0.3, -0.25) is 4.79 Å². The molecule has 0 atom stereocenters. The van der Waals surface area contributed by atoms with Crippen LogP contribution in [0.25, 0.3) is 0 Å². The highest BCUT2D eigenvalue weighted by molar-refractivity contribution is 6.05. The molecular weight excluding hydrogens is 234 g/mol. The van der Waals surface area contributed by atoms with E-state index in [1.54, 1.807) is 26.2 Å². The maximum atomic E-state index is 11.8. The van der Waals surface area contributed by atoms with E-state index >= 15 is 0 Å². The molecule has 0 saturated carbocycles. The third-order valence-electron chi connectivity index (χ3n) is 2.75. The first-order valence-electron chi connectivity index (χ1n) is 5.73. The molecule has 1 aromatic rings. The number of aryl methyl sites for hydroxylation is 1. The number of carbonyl (C=O) groups is 1. The minimum Gasteiger partial charge on any atom is -0.409 e. The van der Waals surface area contributed by atoms with Gasteiger partial charge in [0, 0.05) is 25.4 Å². The van der Waals surface area contributed by atoms with E-state index in [4.69, 9.17) is 10.9 Å². The molecule has 1 rings (SSSR count). The number of aromatic amines is 1. The number of oxime groups is 1. The highest BCUT2D eigenvalue weighted by atomic mass is 16.4. The molecule has 7 heteroatoms. The Morgan fingerprint density at radius 2 is 2.39 bits per heavy atom. The fourth-order valence-corrected chi connectivity index (χ4v) is 1.35. The van der Waals surface area contributed by atoms with Crippen LogP contribution < -0.4 is 11.1 Å². The Hall–Kier alpha value is -2.05. The summed E-state index contributed by atoms with van der Waals surface area (Å²) < 4.78 is 0. The molecule has 0 fully saturated rings. The molecule has 0 aromatic carbocycles. The Labute approximate surface area is 105 Å². The predicted octanol–water partition coefficient (Wildman–Crippen LogP) is 0.231. The van der Waals surface area contributed by atoms with Crippen LogP contribution in [0.3, 0.4) is 0 Å². The Morgan fingerprint density at radius 3 is 2.94 bits per heavy atom. The molecule has 0 saturated heterocycles. The maximum absolute atomic E-state index is 11.8. The number of nitrogens with one attached hydrogen (secondary N) is 2. The van der Waals surface area contributed by atoms with E-state index in [2.05, 4.69) is 20.4 Å². The molecule has 1 amide bonds. The summed E-state index contributed by atoms with van der Waals surface area (Å²) in [6, 6.07) is 0. The summed E-state index contributed by atoms with van der Waals surface area (Å²) in [5.41, 5.74) is 4.44. The number of aromatic nitrogens is 2. The second kappa shape index (κ2) is 6.04. The van der Waals surface area contributed by atoms with Crippen molar-refractivity contribution in [3.63, 3.8) is 0 Å². The molecule has 5 N–H and O–H groups in total. The van der Waals surface area contributed by atoms with Crippen molar-refractivity contribution in [2.45, 2.75) is 26.7 Å². The third-order valence-corrected chi connectivity index (χ3v) is 2.75. The highest BCUT2D eigenvalue weighted by Gasteiger charge is 2.32. The van der Waals surface area contributed by atoms with Crippen molar-refractivity contribution in [3.05, 3.63) is 18.2 Å². The normalized spacial score (nSPS) is 12.4. The monoisotopic (exact) mass is 253 g/mol. The number of nitrogens with two attached hydrogens (primary N) is 1. The zero-order valence-corrected chi connectivity index (χ0v) is 10.6. The molecule has 0 radical (unpaired) electrons. The van der Waals surface area contributed by atoms with Crippen LogP contribution in [-0.4, -0.2) is 33.5 Å². The maximum Gasteiger partial charge on any atom is 0.233 e. The van der Waals surface area contributed by atoms with Gasteiger partial charge in [0.2, 0.25) is 5.91 Å². The molecule has 1 aromatic heterocycles. The van der Waals surface area contributed by atoms with Gasteiger partial charge in [0.25, 0.3) is 0 Å². The van der Waals surface area contributed by atoms with E-state index in [9.17, 15) is 4.79 Å². The Bertz CT molecular complexity index is 411. The quantitative estimate of drug-likeness (QED) is 0.191. The van der Waals surface area contributed by atoms with E-state index in [0.29, 0.717) is 6.54 Å². The lowest BCUT2D eigenvalue weighted by molar-refractivity contribution is -0.126. The largest absolute Gasteiger partial charge is 0.409 e. The first-order chi connectivity index (χ1) is 8.48. The molecule has 18 heavy (non-hydrogen) atoms. The molecule has 0 aliphatic rings. The molecule has 0 unspecified atom stereocenters. The molecule has 0 spiro atoms. The average Bonchev–Trinajstić information content (AvgIpc) is 2.86. The Morgan fingerprint density at radius 1 is 1.67 bits per heavy atom.